The number of carbonyl (C=O) groups excluding carboxylic acids is 1. The maximum Gasteiger partial charge on any atom is 0.250 e. The molecule has 2 N–H and O–H groups in total. The lowest BCUT2D eigenvalue weighted by molar-refractivity contribution is -0.119. The summed E-state index contributed by atoms with van der Waals surface area (Å²) in [6.45, 7) is 4.56. The molecule has 2 aromatic carbocycles. The average molecular weight is 542 g/mol. The van der Waals surface area contributed by atoms with Crippen LogP contribution in [0.5, 0.6) is 5.75 Å². The van der Waals surface area contributed by atoms with Gasteiger partial charge in [-0.1, -0.05) is 6.07 Å². The van der Waals surface area contributed by atoms with Gasteiger partial charge >= 0.3 is 0 Å². The van der Waals surface area contributed by atoms with Crippen LogP contribution >= 0.6 is 12.2 Å². The Balaban J connectivity index is 1.56. The number of pyridine rings is 1. The fraction of sp³-hybridized carbons (Fsp3) is 0.233. The third kappa shape index (κ3) is 5.50. The van der Waals surface area contributed by atoms with Crippen LogP contribution in [0.3, 0.4) is 0 Å². The topological polar surface area (TPSA) is 80.7 Å². The van der Waals surface area contributed by atoms with Gasteiger partial charge in [0.2, 0.25) is 5.91 Å². The zero-order chi connectivity index (χ0) is 27.4. The van der Waals surface area contributed by atoms with Crippen LogP contribution in [-0.4, -0.2) is 40.9 Å². The summed E-state index contributed by atoms with van der Waals surface area (Å²) in [5.41, 5.74) is 5.53. The van der Waals surface area contributed by atoms with Crippen molar-refractivity contribution in [2.75, 3.05) is 30.5 Å². The lowest BCUT2D eigenvalue weighted by Crippen LogP contribution is -2.30. The number of thiocarbonyl (C=S) groups is 1. The van der Waals surface area contributed by atoms with Crippen molar-refractivity contribution in [3.63, 3.8) is 0 Å². The molecule has 1 fully saturated rings. The molecule has 5 rings (SSSR count). The highest BCUT2D eigenvalue weighted by atomic mass is 32.1. The van der Waals surface area contributed by atoms with E-state index in [4.69, 9.17) is 21.7 Å². The summed E-state index contributed by atoms with van der Waals surface area (Å²) in [4.78, 5) is 18.9. The Kier molecular flexibility index (Phi) is 7.90. The smallest absolute Gasteiger partial charge is 0.250 e. The number of methoxy groups -OCH3 is 1. The number of hydrogen-bond donors (Lipinski definition) is 2. The Morgan fingerprint density at radius 3 is 2.56 bits per heavy atom. The zero-order valence-corrected chi connectivity index (χ0v) is 22.9. The second kappa shape index (κ2) is 11.7. The Bertz CT molecular complexity index is 1460. The van der Waals surface area contributed by atoms with E-state index in [-0.39, 0.29) is 24.6 Å². The third-order valence-corrected chi connectivity index (χ3v) is 6.96. The minimum atomic E-state index is -0.201. The molecule has 3 heterocycles. The minimum Gasteiger partial charge on any atom is -0.494 e. The maximum absolute atomic E-state index is 12.1. The fourth-order valence-electron chi connectivity index (χ4n) is 4.93. The summed E-state index contributed by atoms with van der Waals surface area (Å²) < 4.78 is 12.8. The van der Waals surface area contributed by atoms with Gasteiger partial charge in [0.05, 0.1) is 18.3 Å². The quantitative estimate of drug-likeness (QED) is 0.277. The summed E-state index contributed by atoms with van der Waals surface area (Å²) in [6.07, 6.45) is 3.85. The number of ether oxygens (including phenoxy) is 2. The molecular weight excluding hydrogens is 510 g/mol. The van der Waals surface area contributed by atoms with Crippen LogP contribution in [0.15, 0.2) is 85.2 Å². The van der Waals surface area contributed by atoms with Crippen LogP contribution in [0.25, 0.3) is 5.69 Å². The first-order valence-corrected chi connectivity index (χ1v) is 13.2. The van der Waals surface area contributed by atoms with E-state index in [0.29, 0.717) is 11.7 Å². The normalized spacial score (nSPS) is 16.7. The van der Waals surface area contributed by atoms with Crippen LogP contribution in [0.1, 0.15) is 36.0 Å². The highest BCUT2D eigenvalue weighted by molar-refractivity contribution is 7.80. The van der Waals surface area contributed by atoms with E-state index in [1.807, 2.05) is 68.4 Å². The molecule has 1 aliphatic rings. The zero-order valence-electron chi connectivity index (χ0n) is 22.1. The predicted octanol–water partition coefficient (Wildman–Crippen LogP) is 5.34. The van der Waals surface area contributed by atoms with Crippen LogP contribution in [-0.2, 0) is 9.53 Å². The van der Waals surface area contributed by atoms with Gasteiger partial charge in [-0.2, -0.15) is 0 Å². The number of carbonyl (C=O) groups is 1. The number of aryl methyl sites for hydroxylation is 1. The molecule has 0 aliphatic carbocycles. The molecule has 2 atom stereocenters. The van der Waals surface area contributed by atoms with Gasteiger partial charge in [0, 0.05) is 42.3 Å². The first-order valence-electron chi connectivity index (χ1n) is 12.8. The van der Waals surface area contributed by atoms with Crippen LogP contribution in [0.2, 0.25) is 0 Å². The Labute approximate surface area is 233 Å². The Morgan fingerprint density at radius 2 is 1.87 bits per heavy atom. The molecular formula is C30H31N5O3S. The van der Waals surface area contributed by atoms with Crippen molar-refractivity contribution in [1.82, 2.24) is 14.9 Å². The summed E-state index contributed by atoms with van der Waals surface area (Å²) >= 11 is 5.91. The highest BCUT2D eigenvalue weighted by Crippen LogP contribution is 2.43. The van der Waals surface area contributed by atoms with E-state index in [0.717, 1.165) is 39.8 Å². The monoisotopic (exact) mass is 541 g/mol. The predicted molar refractivity (Wildman–Crippen MR) is 157 cm³/mol. The number of benzene rings is 2. The van der Waals surface area contributed by atoms with E-state index >= 15 is 0 Å². The number of rotatable bonds is 9. The van der Waals surface area contributed by atoms with E-state index in [1.165, 1.54) is 7.11 Å². The van der Waals surface area contributed by atoms with Crippen LogP contribution < -0.4 is 20.3 Å². The maximum atomic E-state index is 12.1. The lowest BCUT2D eigenvalue weighted by Gasteiger charge is -2.29. The van der Waals surface area contributed by atoms with E-state index in [1.54, 1.807) is 6.20 Å². The van der Waals surface area contributed by atoms with E-state index in [2.05, 4.69) is 49.5 Å². The van der Waals surface area contributed by atoms with Gasteiger partial charge in [-0.15, -0.1) is 0 Å². The molecule has 1 aliphatic heterocycles. The molecule has 2 unspecified atom stereocenters. The molecule has 200 valence electrons. The van der Waals surface area contributed by atoms with Crippen molar-refractivity contribution in [3.8, 4) is 11.4 Å². The van der Waals surface area contributed by atoms with Crippen LogP contribution in [0, 0.1) is 6.92 Å². The number of nitrogens with zero attached hydrogens (tertiary/aromatic N) is 3. The Morgan fingerprint density at radius 1 is 1.08 bits per heavy atom. The van der Waals surface area contributed by atoms with Gasteiger partial charge in [0.15, 0.2) is 5.11 Å². The molecule has 39 heavy (non-hydrogen) atoms. The lowest BCUT2D eigenvalue weighted by atomic mass is 10.00. The van der Waals surface area contributed by atoms with Crippen molar-refractivity contribution in [2.24, 2.45) is 0 Å². The molecule has 0 saturated carbocycles. The number of nitrogens with one attached hydrogen (secondary N) is 2. The summed E-state index contributed by atoms with van der Waals surface area (Å²) in [5, 5.41) is 7.02. The molecule has 1 saturated heterocycles. The van der Waals surface area contributed by atoms with Gasteiger partial charge in [-0.3, -0.25) is 9.78 Å². The summed E-state index contributed by atoms with van der Waals surface area (Å²) in [5.74, 6) is 0.632. The molecule has 0 spiro atoms. The number of aromatic nitrogens is 2. The van der Waals surface area contributed by atoms with Crippen molar-refractivity contribution < 1.29 is 14.3 Å². The first kappa shape index (κ1) is 26.4. The summed E-state index contributed by atoms with van der Waals surface area (Å²) in [6, 6.07) is 23.7. The molecule has 4 aromatic rings. The highest BCUT2D eigenvalue weighted by Gasteiger charge is 2.42. The van der Waals surface area contributed by atoms with E-state index in [9.17, 15) is 4.79 Å². The second-order valence-electron chi connectivity index (χ2n) is 9.21. The van der Waals surface area contributed by atoms with E-state index < -0.39 is 0 Å². The molecule has 2 aromatic heterocycles. The number of anilines is 2. The fourth-order valence-corrected chi connectivity index (χ4v) is 5.27. The minimum absolute atomic E-state index is 0.00229. The molecule has 9 heteroatoms. The largest absolute Gasteiger partial charge is 0.494 e. The standard InChI is InChI=1S/C30H31N5O3S/c1-4-38-23-13-10-21(11-14-23)34-17-7-9-26(34)29-28(25-8-5-6-16-31-25)33-30(39)35(29)22-12-15-24(20(2)18-22)32-27(36)19-37-3/h5-18,28-29H,4,19H2,1-3H3,(H,32,36)(H,33,39). The number of amides is 1. The van der Waals surface area contributed by atoms with Crippen molar-refractivity contribution in [2.45, 2.75) is 25.9 Å². The SMILES string of the molecule is CCOc1ccc(-n2cccc2C2C(c3ccccn3)NC(=S)N2c2ccc(NC(=O)COC)c(C)c2)cc1. The molecule has 8 nitrogen and oxygen atoms in total. The van der Waals surface area contributed by atoms with Crippen molar-refractivity contribution >= 4 is 34.6 Å². The van der Waals surface area contributed by atoms with Gasteiger partial charge in [-0.05, 0) is 98.4 Å². The van der Waals surface area contributed by atoms with Gasteiger partial charge in [0.1, 0.15) is 18.4 Å². The molecule has 0 radical (unpaired) electrons. The molecule has 1 amide bonds. The third-order valence-electron chi connectivity index (χ3n) is 6.65. The van der Waals surface area contributed by atoms with Crippen molar-refractivity contribution in [1.29, 1.82) is 0 Å². The van der Waals surface area contributed by atoms with Gasteiger partial charge < -0.3 is 29.6 Å². The van der Waals surface area contributed by atoms with Gasteiger partial charge in [0.25, 0.3) is 0 Å². The summed E-state index contributed by atoms with van der Waals surface area (Å²) in [7, 11) is 1.50. The average Bonchev–Trinajstić information content (AvgIpc) is 3.55. The van der Waals surface area contributed by atoms with Gasteiger partial charge in [-0.25, -0.2) is 0 Å². The molecule has 0 bridgehead atoms. The Hall–Kier alpha value is -4.21. The first-order chi connectivity index (χ1) is 19.0. The second-order valence-corrected chi connectivity index (χ2v) is 9.59. The number of hydrogen-bond acceptors (Lipinski definition) is 5. The van der Waals surface area contributed by atoms with Crippen molar-refractivity contribution in [3.05, 3.63) is 102 Å². The van der Waals surface area contributed by atoms with Crippen LogP contribution in [0.4, 0.5) is 11.4 Å².